The Balaban J connectivity index is 1.86. The number of rotatable bonds is 6. The lowest BCUT2D eigenvalue weighted by Crippen LogP contribution is -2.42. The van der Waals surface area contributed by atoms with Crippen molar-refractivity contribution in [1.29, 1.82) is 0 Å². The second-order valence-electron chi connectivity index (χ2n) is 4.35. The first kappa shape index (κ1) is 17.7. The molecule has 2 N–H and O–H groups in total. The fraction of sp³-hybridized carbons (Fsp3) is 0.0714. The Bertz CT molecular complexity index is 781. The molecule has 0 bridgehead atoms. The minimum absolute atomic E-state index is 0.0214. The number of sulfonamides is 1. The van der Waals surface area contributed by atoms with Gasteiger partial charge in [-0.15, -0.1) is 16.6 Å². The Hall–Kier alpha value is -1.61. The molecule has 0 saturated carbocycles. The molecule has 0 aliphatic carbocycles. The van der Waals surface area contributed by atoms with Gasteiger partial charge in [0.1, 0.15) is 5.82 Å². The summed E-state index contributed by atoms with van der Waals surface area (Å²) in [4.78, 5) is 14.3. The van der Waals surface area contributed by atoms with Crippen molar-refractivity contribution in [3.8, 4) is 0 Å². The van der Waals surface area contributed by atoms with E-state index in [1.165, 1.54) is 11.8 Å². The number of thioether (sulfide) groups is 1. The summed E-state index contributed by atoms with van der Waals surface area (Å²) >= 11 is 6.98. The van der Waals surface area contributed by atoms with E-state index in [0.29, 0.717) is 5.02 Å². The minimum atomic E-state index is -3.94. The lowest BCUT2D eigenvalue weighted by Gasteiger charge is -2.08. The summed E-state index contributed by atoms with van der Waals surface area (Å²) in [6, 6.07) is 11.1. The third-order valence-corrected chi connectivity index (χ3v) is 5.16. The van der Waals surface area contributed by atoms with E-state index in [1.807, 2.05) is 4.83 Å². The number of halogens is 2. The lowest BCUT2D eigenvalue weighted by atomic mass is 10.4. The van der Waals surface area contributed by atoms with Gasteiger partial charge in [-0.3, -0.25) is 10.2 Å². The van der Waals surface area contributed by atoms with E-state index >= 15 is 0 Å². The Morgan fingerprint density at radius 1 is 1.09 bits per heavy atom. The van der Waals surface area contributed by atoms with Gasteiger partial charge >= 0.3 is 0 Å². The van der Waals surface area contributed by atoms with Crippen LogP contribution in [0.3, 0.4) is 0 Å². The Morgan fingerprint density at radius 2 is 1.70 bits per heavy atom. The quantitative estimate of drug-likeness (QED) is 0.602. The lowest BCUT2D eigenvalue weighted by molar-refractivity contribution is -0.119. The zero-order valence-corrected chi connectivity index (χ0v) is 14.0. The van der Waals surface area contributed by atoms with E-state index in [-0.39, 0.29) is 10.6 Å². The van der Waals surface area contributed by atoms with Crippen molar-refractivity contribution in [2.75, 3.05) is 5.75 Å². The summed E-state index contributed by atoms with van der Waals surface area (Å²) in [5, 5.41) is 0.589. The summed E-state index contributed by atoms with van der Waals surface area (Å²) in [6.45, 7) is 0. The van der Waals surface area contributed by atoms with Crippen LogP contribution in [0, 0.1) is 5.82 Å². The molecular formula is C14H12ClFN2O3S2. The molecule has 0 unspecified atom stereocenters. The smallest absolute Gasteiger partial charge is 0.257 e. The summed E-state index contributed by atoms with van der Waals surface area (Å²) in [5.74, 6) is -1.05. The molecule has 0 saturated heterocycles. The molecule has 122 valence electrons. The zero-order valence-electron chi connectivity index (χ0n) is 11.6. The van der Waals surface area contributed by atoms with Crippen molar-refractivity contribution in [3.63, 3.8) is 0 Å². The van der Waals surface area contributed by atoms with Gasteiger partial charge in [0.05, 0.1) is 10.6 Å². The van der Waals surface area contributed by atoms with Crippen LogP contribution in [0.15, 0.2) is 58.3 Å². The number of hydrazine groups is 1. The molecule has 0 atom stereocenters. The molecule has 0 aromatic heterocycles. The van der Waals surface area contributed by atoms with Gasteiger partial charge in [-0.2, -0.15) is 0 Å². The highest BCUT2D eigenvalue weighted by atomic mass is 35.5. The number of carbonyl (C=O) groups excluding carboxylic acids is 1. The van der Waals surface area contributed by atoms with E-state index in [0.717, 1.165) is 29.2 Å². The topological polar surface area (TPSA) is 75.3 Å². The SMILES string of the molecule is O=C(CSc1ccc(Cl)cc1)NNS(=O)(=O)c1ccc(F)cc1. The number of hydrogen-bond acceptors (Lipinski definition) is 4. The Labute approximate surface area is 142 Å². The van der Waals surface area contributed by atoms with Crippen molar-refractivity contribution in [1.82, 2.24) is 10.3 Å². The summed E-state index contributed by atoms with van der Waals surface area (Å²) in [5.41, 5.74) is 2.10. The molecule has 0 heterocycles. The van der Waals surface area contributed by atoms with Gasteiger partial charge in [-0.1, -0.05) is 11.6 Å². The molecule has 0 radical (unpaired) electrons. The van der Waals surface area contributed by atoms with E-state index in [2.05, 4.69) is 5.43 Å². The van der Waals surface area contributed by atoms with Crippen LogP contribution in [0.4, 0.5) is 4.39 Å². The monoisotopic (exact) mass is 374 g/mol. The third-order valence-electron chi connectivity index (χ3n) is 2.63. The van der Waals surface area contributed by atoms with E-state index in [9.17, 15) is 17.6 Å². The summed E-state index contributed by atoms with van der Waals surface area (Å²) in [6.07, 6.45) is 0. The molecule has 23 heavy (non-hydrogen) atoms. The van der Waals surface area contributed by atoms with Gasteiger partial charge in [0.2, 0.25) is 5.91 Å². The van der Waals surface area contributed by atoms with Gasteiger partial charge in [0.15, 0.2) is 0 Å². The van der Waals surface area contributed by atoms with Gasteiger partial charge in [0, 0.05) is 9.92 Å². The number of hydrogen-bond donors (Lipinski definition) is 2. The average molecular weight is 375 g/mol. The summed E-state index contributed by atoms with van der Waals surface area (Å²) < 4.78 is 36.6. The molecule has 1 amide bonds. The highest BCUT2D eigenvalue weighted by Gasteiger charge is 2.15. The van der Waals surface area contributed by atoms with Crippen LogP contribution in [-0.4, -0.2) is 20.1 Å². The maximum Gasteiger partial charge on any atom is 0.257 e. The molecule has 2 rings (SSSR count). The van der Waals surface area contributed by atoms with Crippen molar-refractivity contribution in [2.24, 2.45) is 0 Å². The first-order chi connectivity index (χ1) is 10.9. The highest BCUT2D eigenvalue weighted by molar-refractivity contribution is 8.00. The maximum atomic E-state index is 12.8. The second-order valence-corrected chi connectivity index (χ2v) is 7.52. The number of carbonyl (C=O) groups is 1. The van der Waals surface area contributed by atoms with E-state index < -0.39 is 21.7 Å². The molecule has 0 aliphatic rings. The van der Waals surface area contributed by atoms with Crippen LogP contribution in [0.5, 0.6) is 0 Å². The fourth-order valence-corrected chi connectivity index (χ4v) is 3.20. The average Bonchev–Trinajstić information content (AvgIpc) is 2.53. The molecular weight excluding hydrogens is 363 g/mol. The normalized spacial score (nSPS) is 11.2. The van der Waals surface area contributed by atoms with Crippen molar-refractivity contribution in [3.05, 3.63) is 59.4 Å². The largest absolute Gasteiger partial charge is 0.277 e. The number of amides is 1. The highest BCUT2D eigenvalue weighted by Crippen LogP contribution is 2.19. The predicted molar refractivity (Wildman–Crippen MR) is 87.0 cm³/mol. The van der Waals surface area contributed by atoms with Crippen LogP contribution >= 0.6 is 23.4 Å². The molecule has 2 aromatic carbocycles. The maximum absolute atomic E-state index is 12.8. The minimum Gasteiger partial charge on any atom is -0.277 e. The molecule has 0 spiro atoms. The molecule has 0 fully saturated rings. The van der Waals surface area contributed by atoms with Crippen LogP contribution in [0.25, 0.3) is 0 Å². The van der Waals surface area contributed by atoms with Crippen LogP contribution in [-0.2, 0) is 14.8 Å². The van der Waals surface area contributed by atoms with E-state index in [4.69, 9.17) is 11.6 Å². The Morgan fingerprint density at radius 3 is 2.30 bits per heavy atom. The number of benzene rings is 2. The van der Waals surface area contributed by atoms with Gasteiger partial charge < -0.3 is 0 Å². The standard InChI is InChI=1S/C14H12ClFN2O3S2/c15-10-1-5-12(6-2-10)22-9-14(19)17-18-23(20,21)13-7-3-11(16)4-8-13/h1-8,18H,9H2,(H,17,19). The molecule has 9 heteroatoms. The van der Waals surface area contributed by atoms with Gasteiger partial charge in [0.25, 0.3) is 10.0 Å². The Kier molecular flexibility index (Phi) is 6.00. The molecule has 5 nitrogen and oxygen atoms in total. The van der Waals surface area contributed by atoms with E-state index in [1.54, 1.807) is 24.3 Å². The number of nitrogens with one attached hydrogen (secondary N) is 2. The molecule has 2 aromatic rings. The predicted octanol–water partition coefficient (Wildman–Crippen LogP) is 2.58. The van der Waals surface area contributed by atoms with Gasteiger partial charge in [-0.05, 0) is 48.5 Å². The van der Waals surface area contributed by atoms with Crippen molar-refractivity contribution >= 4 is 39.3 Å². The zero-order chi connectivity index (χ0) is 16.9. The van der Waals surface area contributed by atoms with Crippen molar-refractivity contribution in [2.45, 2.75) is 9.79 Å². The van der Waals surface area contributed by atoms with Crippen LogP contribution in [0.1, 0.15) is 0 Å². The first-order valence-electron chi connectivity index (χ1n) is 6.31. The van der Waals surface area contributed by atoms with Gasteiger partial charge in [-0.25, -0.2) is 12.8 Å². The van der Waals surface area contributed by atoms with Crippen molar-refractivity contribution < 1.29 is 17.6 Å². The fourth-order valence-electron chi connectivity index (χ4n) is 1.51. The summed E-state index contributed by atoms with van der Waals surface area (Å²) in [7, 11) is -3.94. The van der Waals surface area contributed by atoms with Crippen LogP contribution < -0.4 is 10.3 Å². The third kappa shape index (κ3) is 5.51. The molecule has 0 aliphatic heterocycles. The van der Waals surface area contributed by atoms with Crippen LogP contribution in [0.2, 0.25) is 5.02 Å². The first-order valence-corrected chi connectivity index (χ1v) is 9.16. The second kappa shape index (κ2) is 7.78.